The third-order valence-corrected chi connectivity index (χ3v) is 3.65. The van der Waals surface area contributed by atoms with Crippen LogP contribution in [0.2, 0.25) is 0 Å². The van der Waals surface area contributed by atoms with E-state index in [2.05, 4.69) is 17.1 Å². The van der Waals surface area contributed by atoms with Gasteiger partial charge in [-0.15, -0.1) is 0 Å². The maximum atomic E-state index is 11.1. The van der Waals surface area contributed by atoms with E-state index in [0.29, 0.717) is 5.92 Å². The van der Waals surface area contributed by atoms with E-state index in [-0.39, 0.29) is 11.7 Å². The van der Waals surface area contributed by atoms with Gasteiger partial charge in [0.15, 0.2) is 5.82 Å². The molecule has 0 amide bonds. The number of ketones is 1. The summed E-state index contributed by atoms with van der Waals surface area (Å²) in [7, 11) is 0. The predicted molar refractivity (Wildman–Crippen MR) is 63.9 cm³/mol. The molecular weight excluding hydrogens is 216 g/mol. The lowest BCUT2D eigenvalue weighted by atomic mass is 9.80. The van der Waals surface area contributed by atoms with Gasteiger partial charge in [0.05, 0.1) is 0 Å². The van der Waals surface area contributed by atoms with Gasteiger partial charge in [0.25, 0.3) is 5.89 Å². The summed E-state index contributed by atoms with van der Waals surface area (Å²) in [4.78, 5) is 15.3. The zero-order valence-electron chi connectivity index (χ0n) is 10.6. The van der Waals surface area contributed by atoms with Gasteiger partial charge in [-0.1, -0.05) is 24.9 Å². The fourth-order valence-electron chi connectivity index (χ4n) is 2.66. The van der Waals surface area contributed by atoms with E-state index in [0.717, 1.165) is 24.6 Å². The van der Waals surface area contributed by atoms with Crippen molar-refractivity contribution in [2.45, 2.75) is 58.3 Å². The molecule has 0 N–H and O–H groups in total. The predicted octanol–water partition coefficient (Wildman–Crippen LogP) is 3.35. The number of hydrogen-bond donors (Lipinski definition) is 0. The maximum Gasteiger partial charge on any atom is 0.293 e. The first-order valence-corrected chi connectivity index (χ1v) is 6.55. The second-order valence-electron chi connectivity index (χ2n) is 5.02. The fraction of sp³-hybridized carbons (Fsp3) is 0.769. The van der Waals surface area contributed by atoms with Crippen LogP contribution < -0.4 is 0 Å². The van der Waals surface area contributed by atoms with E-state index in [1.54, 1.807) is 0 Å². The molecule has 94 valence electrons. The smallest absolute Gasteiger partial charge is 0.293 e. The van der Waals surface area contributed by atoms with Crippen molar-refractivity contribution < 1.29 is 9.32 Å². The Morgan fingerprint density at radius 3 is 2.59 bits per heavy atom. The Bertz CT molecular complexity index is 379. The molecule has 17 heavy (non-hydrogen) atoms. The normalized spacial score (nSPS) is 24.8. The Labute approximate surface area is 102 Å². The highest BCUT2D eigenvalue weighted by atomic mass is 16.5. The highest BCUT2D eigenvalue weighted by molar-refractivity contribution is 5.89. The molecule has 1 aliphatic carbocycles. The quantitative estimate of drug-likeness (QED) is 0.752. The molecule has 2 rings (SSSR count). The maximum absolute atomic E-state index is 11.1. The van der Waals surface area contributed by atoms with Gasteiger partial charge in [-0.3, -0.25) is 4.79 Å². The van der Waals surface area contributed by atoms with E-state index in [1.807, 2.05) is 0 Å². The molecule has 1 aliphatic rings. The number of carbonyl (C=O) groups excluding carboxylic acids is 1. The molecule has 1 aromatic heterocycles. The molecule has 1 aromatic rings. The van der Waals surface area contributed by atoms with Crippen LogP contribution in [0, 0.1) is 5.92 Å². The molecule has 0 bridgehead atoms. The molecule has 0 unspecified atom stereocenters. The van der Waals surface area contributed by atoms with Gasteiger partial charge >= 0.3 is 0 Å². The van der Waals surface area contributed by atoms with Gasteiger partial charge in [-0.2, -0.15) is 4.98 Å². The van der Waals surface area contributed by atoms with Crippen molar-refractivity contribution in [3.63, 3.8) is 0 Å². The molecule has 4 nitrogen and oxygen atoms in total. The summed E-state index contributed by atoms with van der Waals surface area (Å²) in [5, 5.41) is 3.93. The van der Waals surface area contributed by atoms with Crippen LogP contribution in [0.1, 0.15) is 74.8 Å². The van der Waals surface area contributed by atoms with Crippen LogP contribution in [0.15, 0.2) is 4.52 Å². The van der Waals surface area contributed by atoms with Crippen LogP contribution >= 0.6 is 0 Å². The van der Waals surface area contributed by atoms with Gasteiger partial charge < -0.3 is 4.52 Å². The van der Waals surface area contributed by atoms with Crippen LogP contribution in [0.4, 0.5) is 0 Å². The first-order valence-electron chi connectivity index (χ1n) is 6.55. The number of Topliss-reactive ketones (excluding diaryl/α,β-unsaturated/α-hetero) is 1. The van der Waals surface area contributed by atoms with E-state index in [4.69, 9.17) is 4.52 Å². The van der Waals surface area contributed by atoms with Gasteiger partial charge in [-0.05, 0) is 31.6 Å². The molecule has 4 heteroatoms. The average Bonchev–Trinajstić information content (AvgIpc) is 2.80. The van der Waals surface area contributed by atoms with Crippen molar-refractivity contribution in [1.82, 2.24) is 10.1 Å². The van der Waals surface area contributed by atoms with Crippen molar-refractivity contribution in [3.8, 4) is 0 Å². The van der Waals surface area contributed by atoms with Crippen molar-refractivity contribution >= 4 is 5.78 Å². The van der Waals surface area contributed by atoms with Gasteiger partial charge in [0.1, 0.15) is 0 Å². The summed E-state index contributed by atoms with van der Waals surface area (Å²) >= 11 is 0. The highest BCUT2D eigenvalue weighted by Gasteiger charge is 2.25. The minimum absolute atomic E-state index is 0.149. The second kappa shape index (κ2) is 5.43. The first kappa shape index (κ1) is 12.3. The summed E-state index contributed by atoms with van der Waals surface area (Å²) in [6, 6.07) is 0. The van der Waals surface area contributed by atoms with Gasteiger partial charge in [-0.25, -0.2) is 0 Å². The van der Waals surface area contributed by atoms with Crippen LogP contribution in [-0.2, 0) is 0 Å². The Balaban J connectivity index is 1.93. The minimum Gasteiger partial charge on any atom is -0.331 e. The fourth-order valence-corrected chi connectivity index (χ4v) is 2.66. The van der Waals surface area contributed by atoms with Crippen LogP contribution in [0.3, 0.4) is 0 Å². The average molecular weight is 236 g/mol. The molecule has 1 fully saturated rings. The zero-order valence-corrected chi connectivity index (χ0v) is 10.6. The van der Waals surface area contributed by atoms with Crippen molar-refractivity contribution in [1.29, 1.82) is 0 Å². The largest absolute Gasteiger partial charge is 0.331 e. The molecule has 1 saturated carbocycles. The molecule has 0 saturated heterocycles. The first-order chi connectivity index (χ1) is 8.20. The number of hydrogen-bond acceptors (Lipinski definition) is 4. The summed E-state index contributed by atoms with van der Waals surface area (Å²) in [5.41, 5.74) is 0. The number of carbonyl (C=O) groups is 1. The van der Waals surface area contributed by atoms with E-state index < -0.39 is 0 Å². The molecule has 1 heterocycles. The molecule has 0 radical (unpaired) electrons. The van der Waals surface area contributed by atoms with Crippen LogP contribution in [-0.4, -0.2) is 15.9 Å². The molecular formula is C13H20N2O2. The van der Waals surface area contributed by atoms with Crippen molar-refractivity contribution in [3.05, 3.63) is 11.7 Å². The van der Waals surface area contributed by atoms with Crippen LogP contribution in [0.25, 0.3) is 0 Å². The summed E-state index contributed by atoms with van der Waals surface area (Å²) < 4.78 is 4.94. The Hall–Kier alpha value is -1.19. The lowest BCUT2D eigenvalue weighted by molar-refractivity contribution is 0.0972. The topological polar surface area (TPSA) is 56.0 Å². The number of nitrogens with zero attached hydrogens (tertiary/aromatic N) is 2. The van der Waals surface area contributed by atoms with Crippen molar-refractivity contribution in [2.24, 2.45) is 5.92 Å². The lowest BCUT2D eigenvalue weighted by Crippen LogP contribution is -2.14. The third-order valence-electron chi connectivity index (χ3n) is 3.65. The molecule has 0 spiro atoms. The van der Waals surface area contributed by atoms with E-state index in [9.17, 15) is 4.79 Å². The number of aromatic nitrogens is 2. The number of rotatable bonds is 4. The lowest BCUT2D eigenvalue weighted by Gasteiger charge is -2.26. The van der Waals surface area contributed by atoms with E-state index >= 15 is 0 Å². The zero-order chi connectivity index (χ0) is 12.3. The Morgan fingerprint density at radius 1 is 1.35 bits per heavy atom. The summed E-state index contributed by atoms with van der Waals surface area (Å²) in [6.07, 6.45) is 7.36. The minimum atomic E-state index is -0.150. The molecule has 0 atom stereocenters. The molecule has 0 aromatic carbocycles. The Kier molecular flexibility index (Phi) is 3.92. The summed E-state index contributed by atoms with van der Waals surface area (Å²) in [6.45, 7) is 3.69. The SMILES string of the molecule is CCCC1CCC(c2noc(C(C)=O)n2)CC1. The Morgan fingerprint density at radius 2 is 2.06 bits per heavy atom. The van der Waals surface area contributed by atoms with E-state index in [1.165, 1.54) is 32.6 Å². The third kappa shape index (κ3) is 2.93. The van der Waals surface area contributed by atoms with Crippen molar-refractivity contribution in [2.75, 3.05) is 0 Å². The highest BCUT2D eigenvalue weighted by Crippen LogP contribution is 2.36. The van der Waals surface area contributed by atoms with Gasteiger partial charge in [0, 0.05) is 12.8 Å². The standard InChI is InChI=1S/C13H20N2O2/c1-3-4-10-5-7-11(8-6-10)12-14-13(9(2)16)17-15-12/h10-11H,3-8H2,1-2H3. The monoisotopic (exact) mass is 236 g/mol. The van der Waals surface area contributed by atoms with Crippen LogP contribution in [0.5, 0.6) is 0 Å². The summed E-state index contributed by atoms with van der Waals surface area (Å²) in [5.74, 6) is 1.99. The molecule has 0 aliphatic heterocycles. The second-order valence-corrected chi connectivity index (χ2v) is 5.02. The van der Waals surface area contributed by atoms with Gasteiger partial charge in [0.2, 0.25) is 5.78 Å².